The number of pyridine rings is 1. The summed E-state index contributed by atoms with van der Waals surface area (Å²) >= 11 is 0. The topological polar surface area (TPSA) is 42.4 Å². The number of rotatable bonds is 4. The number of aromatic nitrogens is 1. The van der Waals surface area contributed by atoms with Crippen LogP contribution in [0.1, 0.15) is 40.8 Å². The van der Waals surface area contributed by atoms with Gasteiger partial charge in [0.25, 0.3) is 0 Å². The van der Waals surface area contributed by atoms with Crippen LogP contribution in [0.2, 0.25) is 0 Å². The summed E-state index contributed by atoms with van der Waals surface area (Å²) in [6, 6.07) is 12.1. The summed E-state index contributed by atoms with van der Waals surface area (Å²) in [4.78, 5) is 4.45. The van der Waals surface area contributed by atoms with Crippen molar-refractivity contribution in [3.8, 4) is 0 Å². The Kier molecular flexibility index (Phi) is 3.81. The quantitative estimate of drug-likeness (QED) is 0.927. The molecule has 0 aliphatic heterocycles. The molecule has 20 heavy (non-hydrogen) atoms. The molecule has 104 valence electrons. The molecule has 0 saturated heterocycles. The van der Waals surface area contributed by atoms with E-state index < -0.39 is 6.10 Å². The van der Waals surface area contributed by atoms with E-state index in [9.17, 15) is 5.11 Å². The molecule has 3 heteroatoms. The van der Waals surface area contributed by atoms with Crippen LogP contribution >= 0.6 is 0 Å². The standard InChI is InChI=1S/C17H19NO2/c1-20-11-12-4-6-14(7-5-12)17(19)15-9-8-13-3-2-10-18-16(13)15/h2-7,10,15,17,19H,8-9,11H2,1H3. The second-order valence-electron chi connectivity index (χ2n) is 5.31. The average Bonchev–Trinajstić information content (AvgIpc) is 2.92. The molecule has 1 aromatic carbocycles. The molecule has 3 nitrogen and oxygen atoms in total. The second kappa shape index (κ2) is 5.73. The molecule has 0 saturated carbocycles. The van der Waals surface area contributed by atoms with Crippen LogP contribution in [0.25, 0.3) is 0 Å². The molecule has 1 N–H and O–H groups in total. The van der Waals surface area contributed by atoms with Crippen LogP contribution in [0.15, 0.2) is 42.6 Å². The molecule has 1 aliphatic carbocycles. The van der Waals surface area contributed by atoms with Gasteiger partial charge in [0.15, 0.2) is 0 Å². The molecule has 3 rings (SSSR count). The Hall–Kier alpha value is -1.71. The molecule has 0 spiro atoms. The summed E-state index contributed by atoms with van der Waals surface area (Å²) in [6.07, 6.45) is 3.30. The summed E-state index contributed by atoms with van der Waals surface area (Å²) in [5.74, 6) is 0.111. The van der Waals surface area contributed by atoms with Gasteiger partial charge in [-0.05, 0) is 35.6 Å². The summed E-state index contributed by atoms with van der Waals surface area (Å²) in [5.41, 5.74) is 4.40. The third-order valence-corrected chi connectivity index (χ3v) is 4.02. The van der Waals surface area contributed by atoms with E-state index in [1.54, 1.807) is 7.11 Å². The Bertz CT molecular complexity index is 580. The highest BCUT2D eigenvalue weighted by Gasteiger charge is 2.30. The lowest BCUT2D eigenvalue weighted by atomic mass is 9.93. The molecule has 2 atom stereocenters. The predicted molar refractivity (Wildman–Crippen MR) is 77.4 cm³/mol. The van der Waals surface area contributed by atoms with E-state index in [-0.39, 0.29) is 5.92 Å². The van der Waals surface area contributed by atoms with Gasteiger partial charge in [0, 0.05) is 24.9 Å². The van der Waals surface area contributed by atoms with Gasteiger partial charge < -0.3 is 9.84 Å². The molecule has 1 aromatic heterocycles. The zero-order chi connectivity index (χ0) is 13.9. The minimum Gasteiger partial charge on any atom is -0.388 e. The van der Waals surface area contributed by atoms with E-state index >= 15 is 0 Å². The Balaban J connectivity index is 1.81. The number of nitrogens with zero attached hydrogens (tertiary/aromatic N) is 1. The fourth-order valence-corrected chi connectivity index (χ4v) is 2.96. The van der Waals surface area contributed by atoms with Crippen molar-refractivity contribution in [2.45, 2.75) is 31.5 Å². The first kappa shape index (κ1) is 13.3. The maximum atomic E-state index is 10.6. The van der Waals surface area contributed by atoms with Crippen LogP contribution in [-0.2, 0) is 17.8 Å². The van der Waals surface area contributed by atoms with Crippen molar-refractivity contribution in [3.05, 3.63) is 65.0 Å². The van der Waals surface area contributed by atoms with Crippen molar-refractivity contribution in [1.29, 1.82) is 0 Å². The summed E-state index contributed by atoms with van der Waals surface area (Å²) in [5, 5.41) is 10.6. The minimum absolute atomic E-state index is 0.111. The Labute approximate surface area is 119 Å². The van der Waals surface area contributed by atoms with Crippen LogP contribution in [0.4, 0.5) is 0 Å². The van der Waals surface area contributed by atoms with Crippen LogP contribution in [0.3, 0.4) is 0 Å². The van der Waals surface area contributed by atoms with Gasteiger partial charge in [-0.2, -0.15) is 0 Å². The summed E-state index contributed by atoms with van der Waals surface area (Å²) in [7, 11) is 1.68. The number of benzene rings is 1. The smallest absolute Gasteiger partial charge is 0.0873 e. The zero-order valence-electron chi connectivity index (χ0n) is 11.6. The van der Waals surface area contributed by atoms with E-state index in [1.165, 1.54) is 5.56 Å². The van der Waals surface area contributed by atoms with Crippen molar-refractivity contribution in [2.24, 2.45) is 0 Å². The Morgan fingerprint density at radius 2 is 2.10 bits per heavy atom. The monoisotopic (exact) mass is 269 g/mol. The molecular formula is C17H19NO2. The third kappa shape index (κ3) is 2.47. The van der Waals surface area contributed by atoms with Gasteiger partial charge in [-0.3, -0.25) is 4.98 Å². The van der Waals surface area contributed by atoms with Gasteiger partial charge in [-0.15, -0.1) is 0 Å². The van der Waals surface area contributed by atoms with Crippen molar-refractivity contribution in [2.75, 3.05) is 7.11 Å². The number of aliphatic hydroxyl groups is 1. The van der Waals surface area contributed by atoms with Crippen molar-refractivity contribution >= 4 is 0 Å². The third-order valence-electron chi connectivity index (χ3n) is 4.02. The number of aliphatic hydroxyl groups excluding tert-OH is 1. The molecule has 1 aliphatic rings. The van der Waals surface area contributed by atoms with Crippen LogP contribution in [-0.4, -0.2) is 17.2 Å². The summed E-state index contributed by atoms with van der Waals surface area (Å²) in [6.45, 7) is 0.601. The molecular weight excluding hydrogens is 250 g/mol. The normalized spacial score (nSPS) is 18.8. The first-order valence-corrected chi connectivity index (χ1v) is 6.99. The molecule has 0 bridgehead atoms. The van der Waals surface area contributed by atoms with Crippen LogP contribution in [0, 0.1) is 0 Å². The van der Waals surface area contributed by atoms with Gasteiger partial charge in [0.1, 0.15) is 0 Å². The van der Waals surface area contributed by atoms with Crippen LogP contribution in [0.5, 0.6) is 0 Å². The van der Waals surface area contributed by atoms with Gasteiger partial charge in [0.2, 0.25) is 0 Å². The molecule has 0 fully saturated rings. The number of hydrogen-bond acceptors (Lipinski definition) is 3. The molecule has 2 aromatic rings. The largest absolute Gasteiger partial charge is 0.388 e. The van der Waals surface area contributed by atoms with Gasteiger partial charge >= 0.3 is 0 Å². The van der Waals surface area contributed by atoms with Crippen molar-refractivity contribution in [1.82, 2.24) is 4.98 Å². The number of aryl methyl sites for hydroxylation is 1. The van der Waals surface area contributed by atoms with Gasteiger partial charge in [-0.1, -0.05) is 30.3 Å². The Morgan fingerprint density at radius 3 is 2.85 bits per heavy atom. The van der Waals surface area contributed by atoms with E-state index in [4.69, 9.17) is 4.74 Å². The number of fused-ring (bicyclic) bond motifs is 1. The maximum absolute atomic E-state index is 10.6. The molecule has 0 amide bonds. The number of ether oxygens (including phenoxy) is 1. The average molecular weight is 269 g/mol. The fourth-order valence-electron chi connectivity index (χ4n) is 2.96. The molecule has 1 heterocycles. The SMILES string of the molecule is COCc1ccc(C(O)C2CCc3cccnc32)cc1. The highest BCUT2D eigenvalue weighted by Crippen LogP contribution is 2.40. The van der Waals surface area contributed by atoms with E-state index in [2.05, 4.69) is 11.1 Å². The first-order chi connectivity index (χ1) is 9.79. The lowest BCUT2D eigenvalue weighted by Gasteiger charge is -2.19. The maximum Gasteiger partial charge on any atom is 0.0873 e. The van der Waals surface area contributed by atoms with Gasteiger partial charge in [0.05, 0.1) is 12.7 Å². The number of methoxy groups -OCH3 is 1. The molecule has 0 radical (unpaired) electrons. The van der Waals surface area contributed by atoms with E-state index in [0.29, 0.717) is 6.61 Å². The fraction of sp³-hybridized carbons (Fsp3) is 0.353. The van der Waals surface area contributed by atoms with E-state index in [0.717, 1.165) is 29.7 Å². The highest BCUT2D eigenvalue weighted by molar-refractivity contribution is 5.33. The predicted octanol–water partition coefficient (Wildman–Crippen LogP) is 2.99. The van der Waals surface area contributed by atoms with Crippen LogP contribution < -0.4 is 0 Å². The van der Waals surface area contributed by atoms with Crippen molar-refractivity contribution < 1.29 is 9.84 Å². The highest BCUT2D eigenvalue weighted by atomic mass is 16.5. The number of hydrogen-bond donors (Lipinski definition) is 1. The lowest BCUT2D eigenvalue weighted by molar-refractivity contribution is 0.143. The Morgan fingerprint density at radius 1 is 1.30 bits per heavy atom. The first-order valence-electron chi connectivity index (χ1n) is 6.99. The van der Waals surface area contributed by atoms with Gasteiger partial charge in [-0.25, -0.2) is 0 Å². The lowest BCUT2D eigenvalue weighted by Crippen LogP contribution is -2.09. The molecule has 2 unspecified atom stereocenters. The summed E-state index contributed by atoms with van der Waals surface area (Å²) < 4.78 is 5.10. The second-order valence-corrected chi connectivity index (χ2v) is 5.31. The van der Waals surface area contributed by atoms with E-state index in [1.807, 2.05) is 36.5 Å². The zero-order valence-corrected chi connectivity index (χ0v) is 11.6. The minimum atomic E-state index is -0.484. The van der Waals surface area contributed by atoms with Crippen molar-refractivity contribution in [3.63, 3.8) is 0 Å².